The maximum atomic E-state index is 13.1. The Kier molecular flexibility index (Phi) is 3.30. The van der Waals surface area contributed by atoms with Crippen molar-refractivity contribution in [1.29, 1.82) is 0 Å². The van der Waals surface area contributed by atoms with Crippen LogP contribution in [-0.2, 0) is 13.0 Å². The van der Waals surface area contributed by atoms with Gasteiger partial charge in [0.15, 0.2) is 0 Å². The molecule has 0 saturated heterocycles. The van der Waals surface area contributed by atoms with Gasteiger partial charge in [0.2, 0.25) is 0 Å². The Morgan fingerprint density at radius 1 is 1.10 bits per heavy atom. The number of benzene rings is 2. The summed E-state index contributed by atoms with van der Waals surface area (Å²) in [5, 5.41) is 3.05. The van der Waals surface area contributed by atoms with Crippen molar-refractivity contribution in [2.45, 2.75) is 13.0 Å². The van der Waals surface area contributed by atoms with E-state index in [4.69, 9.17) is 0 Å². The van der Waals surface area contributed by atoms with Crippen LogP contribution in [0.3, 0.4) is 0 Å². The van der Waals surface area contributed by atoms with E-state index in [9.17, 15) is 8.78 Å². The van der Waals surface area contributed by atoms with Gasteiger partial charge in [0.1, 0.15) is 11.6 Å². The van der Waals surface area contributed by atoms with E-state index in [0.29, 0.717) is 12.2 Å². The van der Waals surface area contributed by atoms with Crippen LogP contribution in [0.25, 0.3) is 0 Å². The molecule has 0 atom stereocenters. The highest BCUT2D eigenvalue weighted by Crippen LogP contribution is 2.27. The lowest BCUT2D eigenvalue weighted by molar-refractivity contribution is 0.584. The summed E-state index contributed by atoms with van der Waals surface area (Å²) in [6.07, 6.45) is 1.05. The molecule has 0 spiro atoms. The predicted molar refractivity (Wildman–Crippen MR) is 77.1 cm³/mol. The molecule has 1 heterocycles. The highest BCUT2D eigenvalue weighted by atomic mass is 19.1. The molecule has 2 aromatic carbocycles. The number of nitrogens with one attached hydrogen (secondary N) is 1. The van der Waals surface area contributed by atoms with E-state index in [-0.39, 0.29) is 0 Å². The van der Waals surface area contributed by atoms with E-state index in [1.165, 1.54) is 23.4 Å². The summed E-state index contributed by atoms with van der Waals surface area (Å²) in [7, 11) is 2.08. The lowest BCUT2D eigenvalue weighted by Crippen LogP contribution is -2.12. The number of rotatable bonds is 3. The third-order valence-electron chi connectivity index (χ3n) is 3.63. The van der Waals surface area contributed by atoms with E-state index in [2.05, 4.69) is 29.4 Å². The highest BCUT2D eigenvalue weighted by molar-refractivity contribution is 5.58. The topological polar surface area (TPSA) is 15.3 Å². The predicted octanol–water partition coefficient (Wildman–Crippen LogP) is 3.57. The van der Waals surface area contributed by atoms with Crippen LogP contribution < -0.4 is 10.2 Å². The van der Waals surface area contributed by atoms with Gasteiger partial charge in [-0.05, 0) is 35.7 Å². The second-order valence-electron chi connectivity index (χ2n) is 5.15. The molecular weight excluding hydrogens is 258 g/mol. The van der Waals surface area contributed by atoms with Crippen molar-refractivity contribution in [2.24, 2.45) is 0 Å². The Labute approximate surface area is 117 Å². The van der Waals surface area contributed by atoms with Crippen LogP contribution in [0.2, 0.25) is 0 Å². The summed E-state index contributed by atoms with van der Waals surface area (Å²) in [4.78, 5) is 2.23. The molecule has 20 heavy (non-hydrogen) atoms. The molecule has 4 heteroatoms. The molecule has 1 aliphatic heterocycles. The van der Waals surface area contributed by atoms with Crippen molar-refractivity contribution >= 4 is 11.4 Å². The molecule has 0 unspecified atom stereocenters. The second-order valence-corrected chi connectivity index (χ2v) is 5.15. The fourth-order valence-corrected chi connectivity index (χ4v) is 2.59. The molecule has 1 aliphatic rings. The fourth-order valence-electron chi connectivity index (χ4n) is 2.59. The summed E-state index contributed by atoms with van der Waals surface area (Å²) in [5.41, 5.74) is 4.17. The van der Waals surface area contributed by atoms with Gasteiger partial charge in [0, 0.05) is 37.6 Å². The van der Waals surface area contributed by atoms with Crippen LogP contribution >= 0.6 is 0 Å². The van der Waals surface area contributed by atoms with Crippen molar-refractivity contribution < 1.29 is 8.78 Å². The number of hydrogen-bond acceptors (Lipinski definition) is 2. The van der Waals surface area contributed by atoms with Gasteiger partial charge in [-0.2, -0.15) is 0 Å². The third kappa shape index (κ3) is 2.59. The molecule has 0 saturated carbocycles. The molecule has 0 aromatic heterocycles. The molecule has 0 bridgehead atoms. The Bertz CT molecular complexity index is 620. The van der Waals surface area contributed by atoms with Gasteiger partial charge in [0.05, 0.1) is 0 Å². The van der Waals surface area contributed by atoms with Crippen molar-refractivity contribution in [3.05, 3.63) is 59.2 Å². The van der Waals surface area contributed by atoms with Crippen molar-refractivity contribution in [3.8, 4) is 0 Å². The zero-order chi connectivity index (χ0) is 14.1. The van der Waals surface area contributed by atoms with Crippen molar-refractivity contribution in [3.63, 3.8) is 0 Å². The average molecular weight is 274 g/mol. The zero-order valence-electron chi connectivity index (χ0n) is 11.3. The lowest BCUT2D eigenvalue weighted by Gasteiger charge is -2.13. The number of halogens is 2. The molecule has 0 amide bonds. The van der Waals surface area contributed by atoms with Crippen LogP contribution in [0.4, 0.5) is 20.2 Å². The molecule has 3 rings (SSSR count). The smallest absolute Gasteiger partial charge is 0.128 e. The molecule has 0 aliphatic carbocycles. The zero-order valence-corrected chi connectivity index (χ0v) is 11.3. The van der Waals surface area contributed by atoms with Gasteiger partial charge in [-0.1, -0.05) is 12.1 Å². The molecule has 2 aromatic rings. The molecule has 1 N–H and O–H groups in total. The summed E-state index contributed by atoms with van der Waals surface area (Å²) >= 11 is 0. The van der Waals surface area contributed by atoms with Gasteiger partial charge in [-0.15, -0.1) is 0 Å². The largest absolute Gasteiger partial charge is 0.381 e. The van der Waals surface area contributed by atoms with E-state index in [0.717, 1.165) is 24.6 Å². The Morgan fingerprint density at radius 2 is 1.85 bits per heavy atom. The van der Waals surface area contributed by atoms with E-state index < -0.39 is 11.6 Å². The third-order valence-corrected chi connectivity index (χ3v) is 3.63. The van der Waals surface area contributed by atoms with Crippen LogP contribution in [-0.4, -0.2) is 13.6 Å². The first-order valence-corrected chi connectivity index (χ1v) is 6.65. The normalized spacial score (nSPS) is 13.4. The van der Waals surface area contributed by atoms with Gasteiger partial charge >= 0.3 is 0 Å². The van der Waals surface area contributed by atoms with Crippen LogP contribution in [0.15, 0.2) is 36.4 Å². The lowest BCUT2D eigenvalue weighted by atomic mass is 10.1. The standard InChI is InChI=1S/C16H16F2N2/c1-20-5-4-12-6-11(2-3-16(12)20)10-19-15-8-13(17)7-14(18)9-15/h2-3,6-9,19H,4-5,10H2,1H3. The van der Waals surface area contributed by atoms with Crippen molar-refractivity contribution in [2.75, 3.05) is 23.8 Å². The fraction of sp³-hybridized carbons (Fsp3) is 0.250. The SMILES string of the molecule is CN1CCc2cc(CNc3cc(F)cc(F)c3)ccc21. The highest BCUT2D eigenvalue weighted by Gasteiger charge is 2.15. The maximum absolute atomic E-state index is 13.1. The maximum Gasteiger partial charge on any atom is 0.128 e. The summed E-state index contributed by atoms with van der Waals surface area (Å²) in [5.74, 6) is -1.13. The molecule has 0 fully saturated rings. The first kappa shape index (κ1) is 12.9. The molecule has 104 valence electrons. The van der Waals surface area contributed by atoms with Gasteiger partial charge in [0.25, 0.3) is 0 Å². The van der Waals surface area contributed by atoms with Crippen molar-refractivity contribution in [1.82, 2.24) is 0 Å². The first-order chi connectivity index (χ1) is 9.61. The van der Waals surface area contributed by atoms with Gasteiger partial charge in [-0.25, -0.2) is 8.78 Å². The number of likely N-dealkylation sites (N-methyl/N-ethyl adjacent to an activating group) is 1. The summed E-state index contributed by atoms with van der Waals surface area (Å²) in [6, 6.07) is 9.77. The number of anilines is 2. The van der Waals surface area contributed by atoms with Gasteiger partial charge in [-0.3, -0.25) is 0 Å². The Morgan fingerprint density at radius 3 is 2.60 bits per heavy atom. The van der Waals surface area contributed by atoms with Crippen LogP contribution in [0.5, 0.6) is 0 Å². The quantitative estimate of drug-likeness (QED) is 0.920. The minimum atomic E-state index is -0.567. The molecule has 2 nitrogen and oxygen atoms in total. The van der Waals surface area contributed by atoms with Gasteiger partial charge < -0.3 is 10.2 Å². The molecular formula is C16H16F2N2. The number of nitrogens with zero attached hydrogens (tertiary/aromatic N) is 1. The van der Waals surface area contributed by atoms with E-state index in [1.807, 2.05) is 6.07 Å². The number of hydrogen-bond donors (Lipinski definition) is 1. The second kappa shape index (κ2) is 5.12. The molecule has 0 radical (unpaired) electrons. The first-order valence-electron chi connectivity index (χ1n) is 6.65. The minimum Gasteiger partial charge on any atom is -0.381 e. The van der Waals surface area contributed by atoms with Crippen LogP contribution in [0, 0.1) is 11.6 Å². The van der Waals surface area contributed by atoms with E-state index >= 15 is 0 Å². The van der Waals surface area contributed by atoms with Crippen LogP contribution in [0.1, 0.15) is 11.1 Å². The summed E-state index contributed by atoms with van der Waals surface area (Å²) in [6.45, 7) is 1.60. The van der Waals surface area contributed by atoms with E-state index in [1.54, 1.807) is 0 Å². The Balaban J connectivity index is 1.72. The Hall–Kier alpha value is -2.10. The summed E-state index contributed by atoms with van der Waals surface area (Å²) < 4.78 is 26.2. The number of fused-ring (bicyclic) bond motifs is 1. The minimum absolute atomic E-state index is 0.458. The average Bonchev–Trinajstić information content (AvgIpc) is 2.77. The monoisotopic (exact) mass is 274 g/mol.